The predicted octanol–water partition coefficient (Wildman–Crippen LogP) is 2.83. The van der Waals surface area contributed by atoms with Crippen LogP contribution in [0.15, 0.2) is 30.3 Å². The molecule has 0 spiro atoms. The summed E-state index contributed by atoms with van der Waals surface area (Å²) in [6, 6.07) is 10.5. The van der Waals surface area contributed by atoms with Crippen LogP contribution in [0.4, 0.5) is 4.79 Å². The number of carbonyl (C=O) groups excluding carboxylic acids is 1. The summed E-state index contributed by atoms with van der Waals surface area (Å²) in [4.78, 5) is 25.2. The molecular formula is C18H24N2O3. The van der Waals surface area contributed by atoms with E-state index < -0.39 is 5.97 Å². The fraction of sp³-hybridized carbons (Fsp3) is 0.556. The monoisotopic (exact) mass is 316 g/mol. The number of piperidine rings is 1. The molecule has 5 nitrogen and oxygen atoms in total. The molecule has 0 bridgehead atoms. The van der Waals surface area contributed by atoms with E-state index in [0.29, 0.717) is 31.8 Å². The van der Waals surface area contributed by atoms with E-state index in [0.717, 1.165) is 19.3 Å². The third-order valence-electron chi connectivity index (χ3n) is 5.18. The van der Waals surface area contributed by atoms with Crippen LogP contribution in [-0.2, 0) is 4.79 Å². The summed E-state index contributed by atoms with van der Waals surface area (Å²) < 4.78 is 0. The zero-order chi connectivity index (χ0) is 16.2. The van der Waals surface area contributed by atoms with Crippen LogP contribution in [0.1, 0.15) is 43.6 Å². The highest BCUT2D eigenvalue weighted by Crippen LogP contribution is 2.34. The number of urea groups is 1. The van der Waals surface area contributed by atoms with Crippen LogP contribution in [0.5, 0.6) is 0 Å². The summed E-state index contributed by atoms with van der Waals surface area (Å²) in [6.07, 6.45) is 4.35. The Morgan fingerprint density at radius 3 is 2.39 bits per heavy atom. The normalized spacial score (nSPS) is 25.3. The van der Waals surface area contributed by atoms with Crippen LogP contribution in [0.2, 0.25) is 0 Å². The molecule has 23 heavy (non-hydrogen) atoms. The van der Waals surface area contributed by atoms with Gasteiger partial charge in [0.2, 0.25) is 0 Å². The van der Waals surface area contributed by atoms with E-state index in [1.807, 2.05) is 18.2 Å². The molecule has 5 heteroatoms. The van der Waals surface area contributed by atoms with E-state index in [1.165, 1.54) is 5.56 Å². The van der Waals surface area contributed by atoms with Gasteiger partial charge >= 0.3 is 12.0 Å². The van der Waals surface area contributed by atoms with Crippen molar-refractivity contribution in [1.29, 1.82) is 0 Å². The van der Waals surface area contributed by atoms with Gasteiger partial charge in [-0.05, 0) is 31.2 Å². The summed E-state index contributed by atoms with van der Waals surface area (Å²) in [5.41, 5.74) is 1.29. The first-order valence-corrected chi connectivity index (χ1v) is 8.48. The number of hydrogen-bond donors (Lipinski definition) is 2. The largest absolute Gasteiger partial charge is 0.481 e. The molecule has 0 aromatic heterocycles. The summed E-state index contributed by atoms with van der Waals surface area (Å²) in [5, 5.41) is 12.2. The number of carbonyl (C=O) groups is 2. The van der Waals surface area contributed by atoms with E-state index in [4.69, 9.17) is 5.11 Å². The quantitative estimate of drug-likeness (QED) is 0.901. The van der Waals surface area contributed by atoms with Gasteiger partial charge in [0.1, 0.15) is 0 Å². The lowest BCUT2D eigenvalue weighted by Gasteiger charge is -2.32. The van der Waals surface area contributed by atoms with Gasteiger partial charge < -0.3 is 15.3 Å². The fourth-order valence-corrected chi connectivity index (χ4v) is 3.81. The molecule has 1 aromatic carbocycles. The lowest BCUT2D eigenvalue weighted by molar-refractivity contribution is -0.143. The van der Waals surface area contributed by atoms with Crippen molar-refractivity contribution in [3.05, 3.63) is 35.9 Å². The Morgan fingerprint density at radius 2 is 1.74 bits per heavy atom. The highest BCUT2D eigenvalue weighted by atomic mass is 16.4. The van der Waals surface area contributed by atoms with Crippen LogP contribution in [0.25, 0.3) is 0 Å². The molecular weight excluding hydrogens is 292 g/mol. The molecule has 2 amide bonds. The Kier molecular flexibility index (Phi) is 4.84. The molecule has 2 aliphatic rings. The van der Waals surface area contributed by atoms with E-state index in [1.54, 1.807) is 4.90 Å². The molecule has 1 saturated heterocycles. The lowest BCUT2D eigenvalue weighted by atomic mass is 9.94. The molecule has 1 heterocycles. The zero-order valence-electron chi connectivity index (χ0n) is 13.3. The summed E-state index contributed by atoms with van der Waals surface area (Å²) in [6.45, 7) is 1.07. The van der Waals surface area contributed by atoms with E-state index in [9.17, 15) is 9.59 Å². The van der Waals surface area contributed by atoms with Crippen LogP contribution >= 0.6 is 0 Å². The minimum Gasteiger partial charge on any atom is -0.481 e. The van der Waals surface area contributed by atoms with Gasteiger partial charge in [-0.15, -0.1) is 0 Å². The number of nitrogens with one attached hydrogen (secondary N) is 1. The van der Waals surface area contributed by atoms with Crippen molar-refractivity contribution in [3.63, 3.8) is 0 Å². The minimum atomic E-state index is -0.745. The van der Waals surface area contributed by atoms with Crippen molar-refractivity contribution in [2.24, 2.45) is 5.92 Å². The highest BCUT2D eigenvalue weighted by Gasteiger charge is 2.32. The molecule has 1 aromatic rings. The van der Waals surface area contributed by atoms with Gasteiger partial charge in [0.15, 0.2) is 0 Å². The van der Waals surface area contributed by atoms with E-state index in [2.05, 4.69) is 17.4 Å². The second kappa shape index (κ2) is 7.02. The van der Waals surface area contributed by atoms with E-state index in [-0.39, 0.29) is 18.0 Å². The number of rotatable bonds is 3. The van der Waals surface area contributed by atoms with E-state index >= 15 is 0 Å². The molecule has 2 fully saturated rings. The SMILES string of the molecule is O=C(O)C1CCN(C(=O)N[C@@H]2CCC[C@H]2c2ccccc2)CC1. The predicted molar refractivity (Wildman–Crippen MR) is 87.3 cm³/mol. The van der Waals surface area contributed by atoms with Gasteiger partial charge in [-0.3, -0.25) is 4.79 Å². The maximum atomic E-state index is 12.5. The third kappa shape index (κ3) is 3.66. The average molecular weight is 316 g/mol. The molecule has 124 valence electrons. The third-order valence-corrected chi connectivity index (χ3v) is 5.18. The van der Waals surface area contributed by atoms with Crippen molar-refractivity contribution in [3.8, 4) is 0 Å². The van der Waals surface area contributed by atoms with Crippen molar-refractivity contribution in [2.75, 3.05) is 13.1 Å². The van der Waals surface area contributed by atoms with Crippen LogP contribution in [0, 0.1) is 5.92 Å². The highest BCUT2D eigenvalue weighted by molar-refractivity contribution is 5.75. The molecule has 0 unspecified atom stereocenters. The molecule has 2 atom stereocenters. The zero-order valence-corrected chi connectivity index (χ0v) is 13.3. The Bertz CT molecular complexity index is 553. The number of amides is 2. The second-order valence-corrected chi connectivity index (χ2v) is 6.60. The number of carboxylic acids is 1. The van der Waals surface area contributed by atoms with Crippen molar-refractivity contribution in [1.82, 2.24) is 10.2 Å². The van der Waals surface area contributed by atoms with Gasteiger partial charge in [0.25, 0.3) is 0 Å². The van der Waals surface area contributed by atoms with Crippen LogP contribution < -0.4 is 5.32 Å². The van der Waals surface area contributed by atoms with Crippen LogP contribution in [0.3, 0.4) is 0 Å². The van der Waals surface area contributed by atoms with Gasteiger partial charge in [-0.2, -0.15) is 0 Å². The summed E-state index contributed by atoms with van der Waals surface area (Å²) >= 11 is 0. The summed E-state index contributed by atoms with van der Waals surface area (Å²) in [7, 11) is 0. The fourth-order valence-electron chi connectivity index (χ4n) is 3.81. The Hall–Kier alpha value is -2.04. The number of aliphatic carboxylic acids is 1. The number of carboxylic acid groups (broad SMARTS) is 1. The molecule has 2 N–H and O–H groups in total. The number of nitrogens with zero attached hydrogens (tertiary/aromatic N) is 1. The molecule has 0 radical (unpaired) electrons. The van der Waals surface area contributed by atoms with Crippen molar-refractivity contribution in [2.45, 2.75) is 44.1 Å². The average Bonchev–Trinajstić information content (AvgIpc) is 3.04. The molecule has 1 aliphatic carbocycles. The van der Waals surface area contributed by atoms with Crippen molar-refractivity contribution < 1.29 is 14.7 Å². The molecule has 1 aliphatic heterocycles. The lowest BCUT2D eigenvalue weighted by Crippen LogP contribution is -2.49. The first-order valence-electron chi connectivity index (χ1n) is 8.48. The maximum absolute atomic E-state index is 12.5. The van der Waals surface area contributed by atoms with Gasteiger partial charge in [0, 0.05) is 25.0 Å². The smallest absolute Gasteiger partial charge is 0.317 e. The Labute approximate surface area is 136 Å². The Morgan fingerprint density at radius 1 is 1.04 bits per heavy atom. The number of likely N-dealkylation sites (tertiary alicyclic amines) is 1. The van der Waals surface area contributed by atoms with Gasteiger partial charge in [-0.25, -0.2) is 4.79 Å². The first kappa shape index (κ1) is 15.8. The van der Waals surface area contributed by atoms with Crippen molar-refractivity contribution >= 4 is 12.0 Å². The number of hydrogen-bond acceptors (Lipinski definition) is 2. The topological polar surface area (TPSA) is 69.6 Å². The first-order chi connectivity index (χ1) is 11.1. The second-order valence-electron chi connectivity index (χ2n) is 6.60. The molecule has 1 saturated carbocycles. The Balaban J connectivity index is 1.56. The summed E-state index contributed by atoms with van der Waals surface area (Å²) in [5.74, 6) is -0.663. The molecule has 3 rings (SSSR count). The van der Waals surface area contributed by atoms with Gasteiger partial charge in [0.05, 0.1) is 5.92 Å². The maximum Gasteiger partial charge on any atom is 0.317 e. The number of benzene rings is 1. The van der Waals surface area contributed by atoms with Crippen LogP contribution in [-0.4, -0.2) is 41.1 Å². The minimum absolute atomic E-state index is 0.0401. The standard InChI is InChI=1S/C18H24N2O3/c21-17(22)14-9-11-20(12-10-14)18(23)19-16-8-4-7-15(16)13-5-2-1-3-6-13/h1-3,5-6,14-16H,4,7-12H2,(H,19,23)(H,21,22)/t15-,16+/m0/s1. The van der Waals surface area contributed by atoms with Gasteiger partial charge in [-0.1, -0.05) is 36.8 Å².